The van der Waals surface area contributed by atoms with E-state index >= 15 is 0 Å². The summed E-state index contributed by atoms with van der Waals surface area (Å²) < 4.78 is 18.1. The van der Waals surface area contributed by atoms with Crippen molar-refractivity contribution in [2.24, 2.45) is 0 Å². The number of nitrogens with zero attached hydrogens (tertiary/aromatic N) is 4. The minimum atomic E-state index is -0.587. The largest absolute Gasteiger partial charge is 0.493 e. The zero-order chi connectivity index (χ0) is 26.8. The highest BCUT2D eigenvalue weighted by molar-refractivity contribution is 6.30. The lowest BCUT2D eigenvalue weighted by Gasteiger charge is -2.28. The molecule has 0 aliphatic carbocycles. The fraction of sp³-hybridized carbons (Fsp3) is 0.185. The molecule has 2 aromatic carbocycles. The second-order valence-corrected chi connectivity index (χ2v) is 8.84. The number of pyridine rings is 1. The topological polar surface area (TPSA) is 112 Å². The van der Waals surface area contributed by atoms with E-state index in [9.17, 15) is 4.79 Å². The molecule has 1 aliphatic rings. The summed E-state index contributed by atoms with van der Waals surface area (Å²) in [7, 11) is 4.63. The highest BCUT2D eigenvalue weighted by Crippen LogP contribution is 2.42. The predicted octanol–water partition coefficient (Wildman–Crippen LogP) is 4.95. The quantitative estimate of drug-likeness (QED) is 0.344. The van der Waals surface area contributed by atoms with Crippen LogP contribution in [0.4, 0.5) is 11.8 Å². The Balaban J connectivity index is 1.62. The van der Waals surface area contributed by atoms with Crippen molar-refractivity contribution in [2.75, 3.05) is 32.0 Å². The third-order valence-corrected chi connectivity index (χ3v) is 6.36. The number of rotatable bonds is 7. The number of carbonyl (C=O) groups excluding carboxylic acids is 1. The molecule has 0 saturated heterocycles. The van der Waals surface area contributed by atoms with E-state index in [2.05, 4.69) is 15.6 Å². The number of nitrogens with one attached hydrogen (secondary N) is 2. The van der Waals surface area contributed by atoms with Crippen LogP contribution in [0.15, 0.2) is 72.1 Å². The van der Waals surface area contributed by atoms with E-state index in [1.165, 1.54) is 0 Å². The number of carbonyl (C=O) groups is 1. The first-order valence-electron chi connectivity index (χ1n) is 11.7. The number of aromatic nitrogens is 4. The van der Waals surface area contributed by atoms with Crippen molar-refractivity contribution >= 4 is 29.3 Å². The second-order valence-electron chi connectivity index (χ2n) is 8.40. The Bertz CT molecular complexity index is 1490. The maximum atomic E-state index is 13.6. The molecule has 0 bridgehead atoms. The van der Waals surface area contributed by atoms with Crippen molar-refractivity contribution in [1.29, 1.82) is 0 Å². The highest BCUT2D eigenvalue weighted by atomic mass is 35.5. The van der Waals surface area contributed by atoms with E-state index in [-0.39, 0.29) is 5.91 Å². The van der Waals surface area contributed by atoms with E-state index in [0.717, 1.165) is 5.56 Å². The molecular weight excluding hydrogens is 508 g/mol. The van der Waals surface area contributed by atoms with Crippen LogP contribution >= 0.6 is 11.6 Å². The molecule has 1 atom stereocenters. The highest BCUT2D eigenvalue weighted by Gasteiger charge is 2.35. The molecule has 3 heterocycles. The van der Waals surface area contributed by atoms with Crippen LogP contribution in [0.3, 0.4) is 0 Å². The van der Waals surface area contributed by atoms with Crippen LogP contribution in [-0.2, 0) is 4.79 Å². The fourth-order valence-electron chi connectivity index (χ4n) is 4.35. The van der Waals surface area contributed by atoms with Gasteiger partial charge in [-0.15, -0.1) is 5.10 Å². The first-order chi connectivity index (χ1) is 18.4. The molecule has 0 radical (unpaired) electrons. The van der Waals surface area contributed by atoms with Gasteiger partial charge in [-0.25, -0.2) is 9.67 Å². The van der Waals surface area contributed by atoms with Crippen molar-refractivity contribution in [3.63, 3.8) is 0 Å². The molecule has 2 aromatic heterocycles. The van der Waals surface area contributed by atoms with Crippen LogP contribution in [0, 0.1) is 0 Å². The molecule has 0 saturated carbocycles. The lowest BCUT2D eigenvalue weighted by molar-refractivity contribution is -0.113. The number of halogens is 1. The molecule has 0 spiro atoms. The Hall–Kier alpha value is -4.57. The maximum absolute atomic E-state index is 13.6. The number of allylic oxidation sites excluding steroid dienone is 1. The van der Waals surface area contributed by atoms with Gasteiger partial charge < -0.3 is 24.8 Å². The average molecular weight is 533 g/mol. The molecule has 0 fully saturated rings. The number of fused-ring (bicyclic) bond motifs is 1. The SMILES string of the molecule is COc1cc(-c2nc3n(n2)[C@@H](c2ccc(Cl)cc2)C(C(=O)Nc2ccccn2)=C(C)N3)cc(OC)c1OC. The van der Waals surface area contributed by atoms with Gasteiger partial charge in [0.1, 0.15) is 11.9 Å². The number of hydrogen-bond acceptors (Lipinski definition) is 8. The van der Waals surface area contributed by atoms with E-state index in [1.54, 1.807) is 74.7 Å². The zero-order valence-electron chi connectivity index (χ0n) is 21.2. The van der Waals surface area contributed by atoms with E-state index < -0.39 is 6.04 Å². The summed E-state index contributed by atoms with van der Waals surface area (Å²) in [4.78, 5) is 22.5. The summed E-state index contributed by atoms with van der Waals surface area (Å²) in [5.74, 6) is 2.42. The van der Waals surface area contributed by atoms with Gasteiger partial charge in [-0.2, -0.15) is 4.98 Å². The number of hydrogen-bond donors (Lipinski definition) is 2. The van der Waals surface area contributed by atoms with Gasteiger partial charge >= 0.3 is 0 Å². The summed E-state index contributed by atoms with van der Waals surface area (Å²) in [6, 6.07) is 15.6. The van der Waals surface area contributed by atoms with Gasteiger partial charge in [-0.05, 0) is 48.9 Å². The number of benzene rings is 2. The lowest BCUT2D eigenvalue weighted by Crippen LogP contribution is -2.31. The van der Waals surface area contributed by atoms with Gasteiger partial charge in [0.2, 0.25) is 11.7 Å². The van der Waals surface area contributed by atoms with Gasteiger partial charge in [0, 0.05) is 22.5 Å². The Kier molecular flexibility index (Phi) is 6.89. The summed E-state index contributed by atoms with van der Waals surface area (Å²) in [6.07, 6.45) is 1.62. The molecule has 4 aromatic rings. The van der Waals surface area contributed by atoms with Crippen LogP contribution in [0.5, 0.6) is 17.2 Å². The molecule has 11 heteroatoms. The fourth-order valence-corrected chi connectivity index (χ4v) is 4.48. The van der Waals surface area contributed by atoms with Gasteiger partial charge in [0.25, 0.3) is 5.91 Å². The molecule has 194 valence electrons. The first kappa shape index (κ1) is 25.1. The van der Waals surface area contributed by atoms with Gasteiger partial charge in [-0.1, -0.05) is 29.8 Å². The van der Waals surface area contributed by atoms with Crippen LogP contribution in [0.2, 0.25) is 5.02 Å². The summed E-state index contributed by atoms with van der Waals surface area (Å²) in [5, 5.41) is 11.5. The Morgan fingerprint density at radius 2 is 1.74 bits per heavy atom. The van der Waals surface area contributed by atoms with E-state index in [1.807, 2.05) is 19.1 Å². The van der Waals surface area contributed by atoms with Crippen molar-refractivity contribution in [3.8, 4) is 28.6 Å². The minimum absolute atomic E-state index is 0.316. The molecule has 1 aliphatic heterocycles. The molecule has 5 rings (SSSR count). The predicted molar refractivity (Wildman–Crippen MR) is 144 cm³/mol. The summed E-state index contributed by atoms with van der Waals surface area (Å²) >= 11 is 6.17. The Labute approximate surface area is 224 Å². The number of methoxy groups -OCH3 is 3. The molecule has 0 unspecified atom stereocenters. The molecule has 2 N–H and O–H groups in total. The zero-order valence-corrected chi connectivity index (χ0v) is 21.9. The molecule has 1 amide bonds. The number of amides is 1. The minimum Gasteiger partial charge on any atom is -0.493 e. The van der Waals surface area contributed by atoms with Gasteiger partial charge in [-0.3, -0.25) is 4.79 Å². The molecular formula is C27H25ClN6O4. The monoisotopic (exact) mass is 532 g/mol. The summed E-state index contributed by atoms with van der Waals surface area (Å²) in [6.45, 7) is 1.83. The lowest BCUT2D eigenvalue weighted by atomic mass is 9.95. The van der Waals surface area contributed by atoms with Crippen molar-refractivity contribution in [1.82, 2.24) is 19.7 Å². The van der Waals surface area contributed by atoms with Crippen molar-refractivity contribution < 1.29 is 19.0 Å². The van der Waals surface area contributed by atoms with Crippen LogP contribution in [-0.4, -0.2) is 47.0 Å². The van der Waals surface area contributed by atoms with Crippen molar-refractivity contribution in [2.45, 2.75) is 13.0 Å². The first-order valence-corrected chi connectivity index (χ1v) is 12.0. The summed E-state index contributed by atoms with van der Waals surface area (Å²) in [5.41, 5.74) is 2.56. The second kappa shape index (κ2) is 10.4. The third kappa shape index (κ3) is 4.61. The number of ether oxygens (including phenoxy) is 3. The van der Waals surface area contributed by atoms with E-state index in [0.29, 0.717) is 56.7 Å². The average Bonchev–Trinajstić information content (AvgIpc) is 3.36. The normalized spacial score (nSPS) is 14.4. The Morgan fingerprint density at radius 3 is 2.34 bits per heavy atom. The smallest absolute Gasteiger partial charge is 0.257 e. The van der Waals surface area contributed by atoms with Crippen molar-refractivity contribution in [3.05, 3.63) is 82.7 Å². The van der Waals surface area contributed by atoms with Crippen LogP contribution < -0.4 is 24.8 Å². The van der Waals surface area contributed by atoms with E-state index in [4.69, 9.17) is 35.9 Å². The van der Waals surface area contributed by atoms with Crippen LogP contribution in [0.25, 0.3) is 11.4 Å². The molecule has 38 heavy (non-hydrogen) atoms. The van der Waals surface area contributed by atoms with Gasteiger partial charge in [0.05, 0.1) is 26.9 Å². The maximum Gasteiger partial charge on any atom is 0.257 e. The number of anilines is 2. The van der Waals surface area contributed by atoms with Crippen LogP contribution in [0.1, 0.15) is 18.5 Å². The molecule has 10 nitrogen and oxygen atoms in total. The standard InChI is InChI=1S/C27H25ClN6O4/c1-15-22(26(35)31-21-7-5-6-12-29-21)23(16-8-10-18(28)11-9-16)34-27(30-15)32-25(33-34)17-13-19(36-2)24(38-4)20(14-17)37-3/h5-14,23H,1-4H3,(H,29,31,35)(H,30,32,33)/t23-/m0/s1. The third-order valence-electron chi connectivity index (χ3n) is 6.11. The van der Waals surface area contributed by atoms with Gasteiger partial charge in [0.15, 0.2) is 17.3 Å². The Morgan fingerprint density at radius 1 is 1.03 bits per heavy atom.